The van der Waals surface area contributed by atoms with Gasteiger partial charge in [-0.2, -0.15) is 0 Å². The van der Waals surface area contributed by atoms with Gasteiger partial charge >= 0.3 is 0 Å². The quantitative estimate of drug-likeness (QED) is 0.686. The van der Waals surface area contributed by atoms with Crippen molar-refractivity contribution in [2.45, 2.75) is 19.9 Å². The van der Waals surface area contributed by atoms with E-state index < -0.39 is 0 Å². The lowest BCUT2D eigenvalue weighted by Crippen LogP contribution is -2.27. The van der Waals surface area contributed by atoms with Gasteiger partial charge in [-0.15, -0.1) is 0 Å². The Kier molecular flexibility index (Phi) is 5.24. The van der Waals surface area contributed by atoms with Crippen molar-refractivity contribution in [3.05, 3.63) is 76.8 Å². The monoisotopic (exact) mass is 366 g/mol. The molecule has 1 atom stereocenters. The van der Waals surface area contributed by atoms with E-state index in [1.165, 1.54) is 6.92 Å². The third-order valence-electron chi connectivity index (χ3n) is 4.17. The van der Waals surface area contributed by atoms with Crippen molar-refractivity contribution in [3.63, 3.8) is 0 Å². The molecule has 2 N–H and O–H groups in total. The Morgan fingerprint density at radius 2 is 1.73 bits per heavy atom. The molecule has 0 spiro atoms. The van der Waals surface area contributed by atoms with Gasteiger partial charge in [-0.3, -0.25) is 9.59 Å². The summed E-state index contributed by atoms with van der Waals surface area (Å²) in [5, 5.41) is 8.20. The summed E-state index contributed by atoms with van der Waals surface area (Å²) >= 11 is 6.18. The van der Waals surface area contributed by atoms with E-state index in [0.717, 1.165) is 16.3 Å². The van der Waals surface area contributed by atoms with Gasteiger partial charge in [0.2, 0.25) is 5.91 Å². The Hall–Kier alpha value is -2.85. The maximum atomic E-state index is 12.7. The molecule has 0 aliphatic carbocycles. The van der Waals surface area contributed by atoms with Crippen molar-refractivity contribution in [2.75, 3.05) is 5.32 Å². The third kappa shape index (κ3) is 3.86. The number of amides is 2. The van der Waals surface area contributed by atoms with Crippen LogP contribution in [0.4, 0.5) is 5.69 Å². The van der Waals surface area contributed by atoms with Crippen LogP contribution in [0, 0.1) is 0 Å². The maximum absolute atomic E-state index is 12.7. The highest BCUT2D eigenvalue weighted by Crippen LogP contribution is 2.26. The van der Waals surface area contributed by atoms with Gasteiger partial charge in [0.05, 0.1) is 16.6 Å². The van der Waals surface area contributed by atoms with Gasteiger partial charge in [-0.05, 0) is 41.5 Å². The number of anilines is 1. The zero-order valence-electron chi connectivity index (χ0n) is 14.5. The molecular weight excluding hydrogens is 348 g/mol. The summed E-state index contributed by atoms with van der Waals surface area (Å²) in [4.78, 5) is 23.9. The first-order chi connectivity index (χ1) is 12.5. The molecule has 0 aliphatic rings. The molecule has 0 saturated carbocycles. The molecule has 3 aromatic rings. The molecule has 5 heteroatoms. The van der Waals surface area contributed by atoms with E-state index in [2.05, 4.69) is 10.6 Å². The highest BCUT2D eigenvalue weighted by Gasteiger charge is 2.16. The fourth-order valence-corrected chi connectivity index (χ4v) is 3.16. The van der Waals surface area contributed by atoms with Crippen LogP contribution in [0.5, 0.6) is 0 Å². The summed E-state index contributed by atoms with van der Waals surface area (Å²) < 4.78 is 0. The van der Waals surface area contributed by atoms with Crippen LogP contribution < -0.4 is 10.6 Å². The van der Waals surface area contributed by atoms with Crippen LogP contribution in [0.25, 0.3) is 10.8 Å². The Bertz CT molecular complexity index is 979. The lowest BCUT2D eigenvalue weighted by atomic mass is 9.99. The van der Waals surface area contributed by atoms with Crippen molar-refractivity contribution >= 4 is 39.9 Å². The van der Waals surface area contributed by atoms with E-state index in [-0.39, 0.29) is 17.9 Å². The molecule has 0 saturated heterocycles. The number of hydrogen-bond donors (Lipinski definition) is 2. The number of carbonyl (C=O) groups is 2. The second kappa shape index (κ2) is 7.58. The predicted octanol–water partition coefficient (Wildman–Crippen LogP) is 4.94. The Morgan fingerprint density at radius 1 is 1.00 bits per heavy atom. The van der Waals surface area contributed by atoms with Crippen LogP contribution in [-0.2, 0) is 4.79 Å². The van der Waals surface area contributed by atoms with Gasteiger partial charge < -0.3 is 10.6 Å². The van der Waals surface area contributed by atoms with Crippen LogP contribution in [0.15, 0.2) is 60.7 Å². The van der Waals surface area contributed by atoms with E-state index in [4.69, 9.17) is 11.6 Å². The van der Waals surface area contributed by atoms with Crippen molar-refractivity contribution in [1.29, 1.82) is 0 Å². The zero-order chi connectivity index (χ0) is 18.7. The first-order valence-electron chi connectivity index (χ1n) is 8.31. The molecule has 0 fully saturated rings. The topological polar surface area (TPSA) is 58.2 Å². The van der Waals surface area contributed by atoms with Gasteiger partial charge in [-0.25, -0.2) is 0 Å². The second-order valence-electron chi connectivity index (χ2n) is 6.14. The number of hydrogen-bond acceptors (Lipinski definition) is 2. The maximum Gasteiger partial charge on any atom is 0.253 e. The lowest BCUT2D eigenvalue weighted by molar-refractivity contribution is -0.114. The molecule has 0 aromatic heterocycles. The molecule has 0 bridgehead atoms. The molecule has 2 amide bonds. The van der Waals surface area contributed by atoms with E-state index in [1.54, 1.807) is 18.2 Å². The van der Waals surface area contributed by atoms with Crippen molar-refractivity contribution < 1.29 is 9.59 Å². The number of fused-ring (bicyclic) bond motifs is 1. The summed E-state index contributed by atoms with van der Waals surface area (Å²) in [6.07, 6.45) is 0. The average Bonchev–Trinajstić information content (AvgIpc) is 2.62. The van der Waals surface area contributed by atoms with Crippen molar-refractivity contribution in [2.24, 2.45) is 0 Å². The fourth-order valence-electron chi connectivity index (χ4n) is 2.96. The number of benzene rings is 3. The molecule has 3 rings (SSSR count). The first-order valence-corrected chi connectivity index (χ1v) is 8.69. The average molecular weight is 367 g/mol. The van der Waals surface area contributed by atoms with Gasteiger partial charge in [0.15, 0.2) is 0 Å². The van der Waals surface area contributed by atoms with Crippen molar-refractivity contribution in [1.82, 2.24) is 5.32 Å². The van der Waals surface area contributed by atoms with Gasteiger partial charge in [0.1, 0.15) is 0 Å². The van der Waals surface area contributed by atoms with Crippen LogP contribution in [0.3, 0.4) is 0 Å². The fraction of sp³-hybridized carbons (Fsp3) is 0.143. The molecular formula is C21H19ClN2O2. The second-order valence-corrected chi connectivity index (χ2v) is 6.55. The number of nitrogens with one attached hydrogen (secondary N) is 2. The Morgan fingerprint density at radius 3 is 2.50 bits per heavy atom. The van der Waals surface area contributed by atoms with Crippen LogP contribution >= 0.6 is 11.6 Å². The van der Waals surface area contributed by atoms with Gasteiger partial charge in [-0.1, -0.05) is 54.1 Å². The summed E-state index contributed by atoms with van der Waals surface area (Å²) in [5.41, 5.74) is 1.89. The zero-order valence-corrected chi connectivity index (χ0v) is 15.3. The minimum absolute atomic E-state index is 0.200. The number of halogens is 1. The summed E-state index contributed by atoms with van der Waals surface area (Å²) in [5.74, 6) is -0.495. The van der Waals surface area contributed by atoms with Crippen LogP contribution in [-0.4, -0.2) is 11.8 Å². The molecule has 132 valence electrons. The van der Waals surface area contributed by atoms with Gasteiger partial charge in [0, 0.05) is 12.6 Å². The van der Waals surface area contributed by atoms with E-state index in [1.807, 2.05) is 49.4 Å². The first kappa shape index (κ1) is 18.0. The molecule has 0 radical (unpaired) electrons. The third-order valence-corrected chi connectivity index (χ3v) is 4.50. The van der Waals surface area contributed by atoms with Crippen LogP contribution in [0.1, 0.15) is 35.8 Å². The molecule has 4 nitrogen and oxygen atoms in total. The van der Waals surface area contributed by atoms with E-state index in [0.29, 0.717) is 16.3 Å². The molecule has 3 aromatic carbocycles. The number of carbonyl (C=O) groups excluding carboxylic acids is 2. The normalized spacial score (nSPS) is 11.8. The highest BCUT2D eigenvalue weighted by molar-refractivity contribution is 6.34. The highest BCUT2D eigenvalue weighted by atomic mass is 35.5. The van der Waals surface area contributed by atoms with Crippen molar-refractivity contribution in [3.8, 4) is 0 Å². The predicted molar refractivity (Wildman–Crippen MR) is 106 cm³/mol. The SMILES string of the molecule is CC(=O)Nc1ccc(Cl)c(C(=O)N[C@H](C)c2cccc3ccccc23)c1. The summed E-state index contributed by atoms with van der Waals surface area (Å²) in [6.45, 7) is 3.35. The number of rotatable bonds is 4. The van der Waals surface area contributed by atoms with E-state index >= 15 is 0 Å². The molecule has 0 aliphatic heterocycles. The minimum atomic E-state index is -0.289. The summed E-state index contributed by atoms with van der Waals surface area (Å²) in [6, 6.07) is 18.7. The van der Waals surface area contributed by atoms with Gasteiger partial charge in [0.25, 0.3) is 5.91 Å². The lowest BCUT2D eigenvalue weighted by Gasteiger charge is -2.17. The molecule has 0 heterocycles. The largest absolute Gasteiger partial charge is 0.345 e. The Labute approximate surface area is 157 Å². The minimum Gasteiger partial charge on any atom is -0.345 e. The molecule has 0 unspecified atom stereocenters. The smallest absolute Gasteiger partial charge is 0.253 e. The Balaban J connectivity index is 1.86. The molecule has 26 heavy (non-hydrogen) atoms. The standard InChI is InChI=1S/C21H19ClN2O2/c1-13(17-9-5-7-15-6-3-4-8-18(15)17)23-21(26)19-12-16(24-14(2)25)10-11-20(19)22/h3-13H,1-2H3,(H,23,26)(H,24,25)/t13-/m1/s1. The van der Waals surface area contributed by atoms with E-state index in [9.17, 15) is 9.59 Å². The van der Waals surface area contributed by atoms with Crippen LogP contribution in [0.2, 0.25) is 5.02 Å². The summed E-state index contributed by atoms with van der Waals surface area (Å²) in [7, 11) is 0.